The molecule has 0 fully saturated rings. The number of aryl methyl sites for hydroxylation is 1. The van der Waals surface area contributed by atoms with Gasteiger partial charge in [-0.3, -0.25) is 4.68 Å². The topological polar surface area (TPSA) is 60.9 Å². The van der Waals surface area contributed by atoms with Gasteiger partial charge in [0, 0.05) is 13.0 Å². The van der Waals surface area contributed by atoms with Crippen molar-refractivity contribution in [1.29, 1.82) is 0 Å². The first-order valence-electron chi connectivity index (χ1n) is 7.21. The lowest BCUT2D eigenvalue weighted by atomic mass is 10.1. The van der Waals surface area contributed by atoms with E-state index in [9.17, 15) is 0 Å². The highest BCUT2D eigenvalue weighted by molar-refractivity contribution is 7.19. The number of fused-ring (bicyclic) bond motifs is 1. The number of rotatable bonds is 4. The van der Waals surface area contributed by atoms with Crippen molar-refractivity contribution in [3.63, 3.8) is 0 Å². The van der Waals surface area contributed by atoms with Gasteiger partial charge in [0.05, 0.1) is 11.4 Å². The molecule has 3 aromatic rings. The van der Waals surface area contributed by atoms with Crippen molar-refractivity contribution in [2.45, 2.75) is 40.0 Å². The van der Waals surface area contributed by atoms with Gasteiger partial charge in [-0.2, -0.15) is 14.7 Å². The van der Waals surface area contributed by atoms with Crippen LogP contribution in [0.1, 0.15) is 45.1 Å². The molecule has 0 spiro atoms. The Labute approximate surface area is 127 Å². The first-order valence-corrected chi connectivity index (χ1v) is 8.02. The third-order valence-corrected chi connectivity index (χ3v) is 4.22. The Kier molecular flexibility index (Phi) is 3.52. The molecule has 0 aliphatic rings. The minimum atomic E-state index is 0.304. The Hall–Kier alpha value is -1.76. The zero-order valence-corrected chi connectivity index (χ0v) is 13.8. The summed E-state index contributed by atoms with van der Waals surface area (Å²) in [5, 5.41) is 18.6. The number of nitrogens with zero attached hydrogens (tertiary/aromatic N) is 6. The lowest BCUT2D eigenvalue weighted by Crippen LogP contribution is -1.99. The van der Waals surface area contributed by atoms with E-state index in [1.807, 2.05) is 16.2 Å². The molecule has 0 aromatic carbocycles. The summed E-state index contributed by atoms with van der Waals surface area (Å²) in [5.74, 6) is 1.80. The lowest BCUT2D eigenvalue weighted by Gasteiger charge is -1.98. The summed E-state index contributed by atoms with van der Waals surface area (Å²) in [6.07, 6.45) is 0.981. The Balaban J connectivity index is 2.02. The summed E-state index contributed by atoms with van der Waals surface area (Å²) >= 11 is 1.55. The predicted molar refractivity (Wildman–Crippen MR) is 83.5 cm³/mol. The molecule has 112 valence electrons. The Morgan fingerprint density at radius 1 is 1.14 bits per heavy atom. The summed E-state index contributed by atoms with van der Waals surface area (Å²) in [6.45, 7) is 8.60. The molecule has 0 N–H and O–H groups in total. The van der Waals surface area contributed by atoms with Crippen LogP contribution >= 0.6 is 11.3 Å². The van der Waals surface area contributed by atoms with Crippen LogP contribution < -0.4 is 0 Å². The summed E-state index contributed by atoms with van der Waals surface area (Å²) in [5.41, 5.74) is 2.15. The van der Waals surface area contributed by atoms with Gasteiger partial charge in [0.15, 0.2) is 10.8 Å². The average molecular weight is 304 g/mol. The van der Waals surface area contributed by atoms with E-state index in [0.717, 1.165) is 33.6 Å². The van der Waals surface area contributed by atoms with Gasteiger partial charge in [0.1, 0.15) is 0 Å². The van der Waals surface area contributed by atoms with Gasteiger partial charge in [0.2, 0.25) is 4.96 Å². The largest absolute Gasteiger partial charge is 0.265 e. The molecule has 0 radical (unpaired) electrons. The van der Waals surface area contributed by atoms with Crippen molar-refractivity contribution in [2.75, 3.05) is 0 Å². The van der Waals surface area contributed by atoms with Crippen LogP contribution in [0, 0.1) is 5.92 Å². The molecule has 6 nitrogen and oxygen atoms in total. The molecule has 7 heteroatoms. The highest BCUT2D eigenvalue weighted by Crippen LogP contribution is 2.27. The fourth-order valence-electron chi connectivity index (χ4n) is 2.34. The monoisotopic (exact) mass is 304 g/mol. The maximum Gasteiger partial charge on any atom is 0.235 e. The second-order valence-corrected chi connectivity index (χ2v) is 7.01. The average Bonchev–Trinajstić information content (AvgIpc) is 3.00. The number of hydrogen-bond acceptors (Lipinski definition) is 5. The Morgan fingerprint density at radius 2 is 1.90 bits per heavy atom. The quantitative estimate of drug-likeness (QED) is 0.743. The van der Waals surface area contributed by atoms with Crippen molar-refractivity contribution >= 4 is 16.3 Å². The van der Waals surface area contributed by atoms with Crippen LogP contribution in [0.2, 0.25) is 0 Å². The minimum Gasteiger partial charge on any atom is -0.265 e. The Morgan fingerprint density at radius 3 is 2.57 bits per heavy atom. The van der Waals surface area contributed by atoms with E-state index >= 15 is 0 Å². The van der Waals surface area contributed by atoms with Gasteiger partial charge in [-0.05, 0) is 18.4 Å². The number of aromatic nitrogens is 6. The second-order valence-electron chi connectivity index (χ2n) is 6.06. The molecule has 0 aliphatic carbocycles. The molecule has 0 saturated heterocycles. The fourth-order valence-corrected chi connectivity index (χ4v) is 3.23. The molecule has 0 aliphatic heterocycles. The molecule has 0 bridgehead atoms. The summed E-state index contributed by atoms with van der Waals surface area (Å²) in [4.78, 5) is 0.834. The van der Waals surface area contributed by atoms with Crippen LogP contribution in [0.4, 0.5) is 0 Å². The zero-order chi connectivity index (χ0) is 15.1. The third kappa shape index (κ3) is 2.57. The van der Waals surface area contributed by atoms with Crippen LogP contribution in [0.5, 0.6) is 0 Å². The van der Waals surface area contributed by atoms with E-state index in [2.05, 4.69) is 54.2 Å². The van der Waals surface area contributed by atoms with Crippen LogP contribution in [0.3, 0.4) is 0 Å². The van der Waals surface area contributed by atoms with Crippen LogP contribution in [-0.2, 0) is 13.5 Å². The molecule has 0 atom stereocenters. The highest BCUT2D eigenvalue weighted by Gasteiger charge is 2.17. The van der Waals surface area contributed by atoms with Crippen molar-refractivity contribution in [1.82, 2.24) is 29.6 Å². The zero-order valence-electron chi connectivity index (χ0n) is 13.0. The first kappa shape index (κ1) is 14.2. The van der Waals surface area contributed by atoms with Crippen molar-refractivity contribution in [3.05, 3.63) is 17.6 Å². The molecule has 0 amide bonds. The van der Waals surface area contributed by atoms with E-state index in [-0.39, 0.29) is 0 Å². The van der Waals surface area contributed by atoms with Gasteiger partial charge >= 0.3 is 0 Å². The van der Waals surface area contributed by atoms with E-state index in [4.69, 9.17) is 0 Å². The molecule has 21 heavy (non-hydrogen) atoms. The molecular formula is C14H20N6S. The predicted octanol–water partition coefficient (Wildman–Crippen LogP) is 2.91. The van der Waals surface area contributed by atoms with Crippen molar-refractivity contribution < 1.29 is 0 Å². The van der Waals surface area contributed by atoms with Crippen LogP contribution in [0.25, 0.3) is 15.7 Å². The summed E-state index contributed by atoms with van der Waals surface area (Å²) in [6, 6.07) is 2.13. The normalized spacial score (nSPS) is 12.1. The van der Waals surface area contributed by atoms with Gasteiger partial charge in [-0.1, -0.05) is 39.0 Å². The summed E-state index contributed by atoms with van der Waals surface area (Å²) < 4.78 is 3.75. The second kappa shape index (κ2) is 5.22. The van der Waals surface area contributed by atoms with E-state index in [1.165, 1.54) is 0 Å². The standard InChI is InChI=1S/C14H20N6S/c1-8(2)6-10-7-11(19(5)17-10)13-18-20-12(9(3)4)15-16-14(20)21-13/h7-9H,6H2,1-5H3. The van der Waals surface area contributed by atoms with E-state index in [0.29, 0.717) is 11.8 Å². The number of hydrogen-bond donors (Lipinski definition) is 0. The smallest absolute Gasteiger partial charge is 0.235 e. The lowest BCUT2D eigenvalue weighted by molar-refractivity contribution is 0.621. The SMILES string of the molecule is CC(C)Cc1cc(-c2nn3c(C(C)C)nnc3s2)n(C)n1. The molecular weight excluding hydrogens is 284 g/mol. The third-order valence-electron chi connectivity index (χ3n) is 3.30. The van der Waals surface area contributed by atoms with Crippen molar-refractivity contribution in [2.24, 2.45) is 13.0 Å². The van der Waals surface area contributed by atoms with E-state index < -0.39 is 0 Å². The van der Waals surface area contributed by atoms with Gasteiger partial charge in [-0.25, -0.2) is 0 Å². The fraction of sp³-hybridized carbons (Fsp3) is 0.571. The van der Waals surface area contributed by atoms with Crippen LogP contribution in [-0.4, -0.2) is 29.6 Å². The molecule has 3 heterocycles. The van der Waals surface area contributed by atoms with Gasteiger partial charge < -0.3 is 0 Å². The molecule has 0 unspecified atom stereocenters. The minimum absolute atomic E-state index is 0.304. The summed E-state index contributed by atoms with van der Waals surface area (Å²) in [7, 11) is 1.96. The van der Waals surface area contributed by atoms with E-state index in [1.54, 1.807) is 11.3 Å². The molecule has 3 aromatic heterocycles. The van der Waals surface area contributed by atoms with Crippen molar-refractivity contribution in [3.8, 4) is 10.7 Å². The first-order chi connectivity index (χ1) is 9.95. The molecule has 0 saturated carbocycles. The van der Waals surface area contributed by atoms with Gasteiger partial charge in [-0.15, -0.1) is 10.2 Å². The maximum absolute atomic E-state index is 4.67. The Bertz CT molecular complexity index is 764. The molecule has 3 rings (SSSR count). The van der Waals surface area contributed by atoms with Crippen LogP contribution in [0.15, 0.2) is 6.07 Å². The van der Waals surface area contributed by atoms with Gasteiger partial charge in [0.25, 0.3) is 0 Å². The maximum atomic E-state index is 4.67. The highest BCUT2D eigenvalue weighted by atomic mass is 32.1.